The van der Waals surface area contributed by atoms with Crippen LogP contribution >= 0.6 is 0 Å². The second-order valence-corrected chi connectivity index (χ2v) is 6.51. The van der Waals surface area contributed by atoms with Gasteiger partial charge in [0.15, 0.2) is 5.82 Å². The van der Waals surface area contributed by atoms with Crippen LogP contribution in [0.5, 0.6) is 0 Å². The first-order valence-corrected chi connectivity index (χ1v) is 8.21. The van der Waals surface area contributed by atoms with Gasteiger partial charge in [-0.05, 0) is 45.1 Å². The molecule has 0 atom stereocenters. The summed E-state index contributed by atoms with van der Waals surface area (Å²) in [4.78, 5) is 12.1. The van der Waals surface area contributed by atoms with E-state index in [1.807, 2.05) is 16.2 Å². The molecule has 6 nitrogen and oxygen atoms in total. The maximum absolute atomic E-state index is 12.1. The van der Waals surface area contributed by atoms with E-state index in [1.165, 1.54) is 37.7 Å². The second kappa shape index (κ2) is 6.10. The van der Waals surface area contributed by atoms with Crippen LogP contribution in [-0.4, -0.2) is 24.5 Å². The highest BCUT2D eigenvalue weighted by Crippen LogP contribution is 2.25. The topological polar surface area (TPSA) is 68.5 Å². The molecule has 1 fully saturated rings. The van der Waals surface area contributed by atoms with Gasteiger partial charge in [0, 0.05) is 12.2 Å². The summed E-state index contributed by atoms with van der Waals surface area (Å²) in [7, 11) is 0. The Morgan fingerprint density at radius 2 is 1.91 bits per heavy atom. The maximum atomic E-state index is 12.1. The summed E-state index contributed by atoms with van der Waals surface area (Å²) < 4.78 is 3.75. The zero-order valence-corrected chi connectivity index (χ0v) is 13.7. The van der Waals surface area contributed by atoms with Crippen molar-refractivity contribution in [1.29, 1.82) is 0 Å². The highest BCUT2D eigenvalue weighted by Gasteiger charge is 2.18. The van der Waals surface area contributed by atoms with Crippen molar-refractivity contribution in [3.8, 4) is 0 Å². The smallest absolute Gasteiger partial charge is 0.277 e. The van der Waals surface area contributed by atoms with E-state index in [0.717, 1.165) is 23.8 Å². The lowest BCUT2D eigenvalue weighted by Crippen LogP contribution is -2.25. The Bertz CT molecular complexity index is 703. The summed E-state index contributed by atoms with van der Waals surface area (Å²) >= 11 is 0. The van der Waals surface area contributed by atoms with Crippen molar-refractivity contribution in [1.82, 2.24) is 24.5 Å². The monoisotopic (exact) mass is 303 g/mol. The van der Waals surface area contributed by atoms with Gasteiger partial charge in [0.2, 0.25) is 0 Å². The van der Waals surface area contributed by atoms with E-state index in [9.17, 15) is 4.79 Å². The molecule has 0 spiro atoms. The molecule has 22 heavy (non-hydrogen) atoms. The Labute approximate surface area is 130 Å². The maximum Gasteiger partial charge on any atom is 0.343 e. The van der Waals surface area contributed by atoms with Crippen molar-refractivity contribution in [2.45, 2.75) is 66.0 Å². The van der Waals surface area contributed by atoms with E-state index in [1.54, 1.807) is 0 Å². The molecular weight excluding hydrogens is 278 g/mol. The molecule has 0 saturated heterocycles. The minimum Gasteiger partial charge on any atom is -0.277 e. The van der Waals surface area contributed by atoms with Gasteiger partial charge in [-0.15, -0.1) is 0 Å². The van der Waals surface area contributed by atoms with Crippen LogP contribution in [0.15, 0.2) is 4.79 Å². The Kier molecular flexibility index (Phi) is 4.18. The van der Waals surface area contributed by atoms with Gasteiger partial charge in [0.05, 0.1) is 5.69 Å². The van der Waals surface area contributed by atoms with Crippen LogP contribution in [0.3, 0.4) is 0 Å². The molecule has 1 saturated carbocycles. The molecule has 0 radical (unpaired) electrons. The number of nitrogens with one attached hydrogen (secondary N) is 1. The van der Waals surface area contributed by atoms with Gasteiger partial charge in [0.25, 0.3) is 0 Å². The number of aromatic amines is 1. The fourth-order valence-electron chi connectivity index (χ4n) is 3.36. The Hall–Kier alpha value is -1.85. The molecule has 1 aliphatic rings. The first-order valence-electron chi connectivity index (χ1n) is 8.21. The van der Waals surface area contributed by atoms with Crippen LogP contribution in [0.2, 0.25) is 0 Å². The average Bonchev–Trinajstić information content (AvgIpc) is 2.97. The van der Waals surface area contributed by atoms with Crippen molar-refractivity contribution < 1.29 is 0 Å². The quantitative estimate of drug-likeness (QED) is 0.942. The van der Waals surface area contributed by atoms with Crippen molar-refractivity contribution in [3.63, 3.8) is 0 Å². The Morgan fingerprint density at radius 1 is 1.18 bits per heavy atom. The molecule has 0 bridgehead atoms. The van der Waals surface area contributed by atoms with Gasteiger partial charge in [-0.3, -0.25) is 9.25 Å². The van der Waals surface area contributed by atoms with Crippen LogP contribution in [-0.2, 0) is 13.1 Å². The lowest BCUT2D eigenvalue weighted by molar-refractivity contribution is 0.312. The first kappa shape index (κ1) is 15.1. The summed E-state index contributed by atoms with van der Waals surface area (Å²) in [5, 5.41) is 11.4. The molecule has 6 heteroatoms. The number of H-pyrrole nitrogens is 1. The van der Waals surface area contributed by atoms with E-state index in [0.29, 0.717) is 12.5 Å². The second-order valence-electron chi connectivity index (χ2n) is 6.51. The third-order valence-corrected chi connectivity index (χ3v) is 5.04. The summed E-state index contributed by atoms with van der Waals surface area (Å²) in [6, 6.07) is 0. The highest BCUT2D eigenvalue weighted by molar-refractivity contribution is 5.22. The highest BCUT2D eigenvalue weighted by atomic mass is 16.1. The minimum atomic E-state index is -0.0983. The molecule has 0 aliphatic heterocycles. The fraction of sp³-hybridized carbons (Fsp3) is 0.688. The third kappa shape index (κ3) is 2.87. The van der Waals surface area contributed by atoms with Gasteiger partial charge in [-0.2, -0.15) is 10.2 Å². The molecular formula is C16H25N5O. The lowest BCUT2D eigenvalue weighted by Gasteiger charge is -2.22. The summed E-state index contributed by atoms with van der Waals surface area (Å²) in [6.45, 7) is 7.48. The largest absolute Gasteiger partial charge is 0.343 e. The van der Waals surface area contributed by atoms with E-state index in [-0.39, 0.29) is 5.69 Å². The molecule has 3 rings (SSSR count). The van der Waals surface area contributed by atoms with Crippen molar-refractivity contribution in [2.75, 3.05) is 0 Å². The summed E-state index contributed by atoms with van der Waals surface area (Å²) in [6.07, 6.45) is 6.33. The molecule has 0 amide bonds. The lowest BCUT2D eigenvalue weighted by atomic mass is 9.89. The van der Waals surface area contributed by atoms with Crippen molar-refractivity contribution >= 4 is 0 Å². The predicted molar refractivity (Wildman–Crippen MR) is 85.0 cm³/mol. The van der Waals surface area contributed by atoms with E-state index in [2.05, 4.69) is 29.1 Å². The molecule has 2 aromatic heterocycles. The standard InChI is InChI=1S/C16H25N5O/c1-11-12(2)19-21(13(11)3)10-15-17-18-16(22)20(15)9-14-7-5-4-6-8-14/h14H,4-10H2,1-3H3,(H,18,22). The minimum absolute atomic E-state index is 0.0983. The predicted octanol–water partition coefficient (Wildman–Crippen LogP) is 2.32. The Morgan fingerprint density at radius 3 is 2.55 bits per heavy atom. The molecule has 120 valence electrons. The van der Waals surface area contributed by atoms with E-state index < -0.39 is 0 Å². The van der Waals surface area contributed by atoms with Gasteiger partial charge < -0.3 is 0 Å². The van der Waals surface area contributed by atoms with Gasteiger partial charge in [-0.25, -0.2) is 9.89 Å². The summed E-state index contributed by atoms with van der Waals surface area (Å²) in [5.41, 5.74) is 3.28. The molecule has 0 unspecified atom stereocenters. The van der Waals surface area contributed by atoms with Crippen molar-refractivity contribution in [2.24, 2.45) is 5.92 Å². The zero-order chi connectivity index (χ0) is 15.7. The van der Waals surface area contributed by atoms with E-state index >= 15 is 0 Å². The summed E-state index contributed by atoms with van der Waals surface area (Å²) in [5.74, 6) is 1.38. The van der Waals surface area contributed by atoms with Gasteiger partial charge >= 0.3 is 5.69 Å². The first-order chi connectivity index (χ1) is 10.6. The van der Waals surface area contributed by atoms with Crippen LogP contribution in [0.25, 0.3) is 0 Å². The van der Waals surface area contributed by atoms with Crippen molar-refractivity contribution in [3.05, 3.63) is 33.3 Å². The zero-order valence-electron chi connectivity index (χ0n) is 13.7. The molecule has 2 aromatic rings. The Balaban J connectivity index is 1.82. The van der Waals surface area contributed by atoms with E-state index in [4.69, 9.17) is 0 Å². The number of nitrogens with zero attached hydrogens (tertiary/aromatic N) is 4. The third-order valence-electron chi connectivity index (χ3n) is 5.04. The number of hydrogen-bond acceptors (Lipinski definition) is 3. The molecule has 2 heterocycles. The number of rotatable bonds is 4. The SMILES string of the molecule is Cc1nn(Cc2n[nH]c(=O)n2CC2CCCCC2)c(C)c1C. The molecule has 0 aromatic carbocycles. The van der Waals surface area contributed by atoms with Gasteiger partial charge in [-0.1, -0.05) is 19.3 Å². The van der Waals surface area contributed by atoms with Gasteiger partial charge in [0.1, 0.15) is 6.54 Å². The molecule has 1 N–H and O–H groups in total. The fourth-order valence-corrected chi connectivity index (χ4v) is 3.36. The molecule has 1 aliphatic carbocycles. The van der Waals surface area contributed by atoms with Crippen LogP contribution in [0.4, 0.5) is 0 Å². The normalized spacial score (nSPS) is 16.3. The average molecular weight is 303 g/mol. The number of hydrogen-bond donors (Lipinski definition) is 1. The van der Waals surface area contributed by atoms with Crippen LogP contribution < -0.4 is 5.69 Å². The number of aromatic nitrogens is 5. The number of aryl methyl sites for hydroxylation is 1. The van der Waals surface area contributed by atoms with Crippen LogP contribution in [0.1, 0.15) is 54.9 Å². The van der Waals surface area contributed by atoms with Crippen LogP contribution in [0, 0.1) is 26.7 Å².